The summed E-state index contributed by atoms with van der Waals surface area (Å²) < 4.78 is 0. The van der Waals surface area contributed by atoms with E-state index >= 15 is 0 Å². The van der Waals surface area contributed by atoms with Gasteiger partial charge in [0.15, 0.2) is 5.69 Å². The van der Waals surface area contributed by atoms with Gasteiger partial charge in [0.25, 0.3) is 0 Å². The molecule has 1 aromatic carbocycles. The Balaban J connectivity index is 0.000000240. The summed E-state index contributed by atoms with van der Waals surface area (Å²) >= 11 is 0. The molecule has 124 valence electrons. The van der Waals surface area contributed by atoms with Gasteiger partial charge in [-0.05, 0) is 36.4 Å². The second-order valence-corrected chi connectivity index (χ2v) is 4.20. The van der Waals surface area contributed by atoms with Gasteiger partial charge in [0, 0.05) is 6.20 Å². The molecule has 0 spiro atoms. The summed E-state index contributed by atoms with van der Waals surface area (Å²) in [4.78, 5) is 44.9. The van der Waals surface area contributed by atoms with Gasteiger partial charge in [-0.25, -0.2) is 24.2 Å². The Morgan fingerprint density at radius 1 is 0.667 bits per heavy atom. The lowest BCUT2D eigenvalue weighted by Gasteiger charge is -1.97. The lowest BCUT2D eigenvalue weighted by Crippen LogP contribution is -2.09. The van der Waals surface area contributed by atoms with E-state index in [4.69, 9.17) is 20.4 Å². The monoisotopic (exact) mass is 333 g/mol. The molecule has 0 amide bonds. The van der Waals surface area contributed by atoms with E-state index in [0.717, 1.165) is 0 Å². The normalized spacial score (nSPS) is 9.33. The minimum Gasteiger partial charge on any atom is -0.478 e. The van der Waals surface area contributed by atoms with Crippen LogP contribution in [-0.2, 0) is 0 Å². The van der Waals surface area contributed by atoms with E-state index in [1.165, 1.54) is 42.6 Å². The van der Waals surface area contributed by atoms with Gasteiger partial charge in [0.1, 0.15) is 0 Å². The molecule has 9 nitrogen and oxygen atoms in total. The Bertz CT molecular complexity index is 716. The number of pyridine rings is 1. The van der Waals surface area contributed by atoms with Gasteiger partial charge in [0.2, 0.25) is 0 Å². The maximum Gasteiger partial charge on any atom is 0.355 e. The Hall–Kier alpha value is -3.75. The molecular weight excluding hydrogens is 322 g/mol. The van der Waals surface area contributed by atoms with Crippen LogP contribution in [0.2, 0.25) is 0 Å². The smallest absolute Gasteiger partial charge is 0.355 e. The third-order valence-electron chi connectivity index (χ3n) is 2.62. The molecule has 2 rings (SSSR count). The summed E-state index contributed by atoms with van der Waals surface area (Å²) in [5, 5.41) is 33.9. The highest BCUT2D eigenvalue weighted by atomic mass is 16.4. The largest absolute Gasteiger partial charge is 0.478 e. The predicted octanol–water partition coefficient (Wildman–Crippen LogP) is 1.56. The molecule has 1 aromatic heterocycles. The molecule has 0 saturated heterocycles. The summed E-state index contributed by atoms with van der Waals surface area (Å²) in [7, 11) is 0. The summed E-state index contributed by atoms with van der Waals surface area (Å²) in [6.45, 7) is 0. The Labute approximate surface area is 134 Å². The number of carboxylic acid groups (broad SMARTS) is 4. The summed E-state index contributed by atoms with van der Waals surface area (Å²) in [6, 6.07) is 7.59. The molecule has 0 aliphatic rings. The first-order valence-electron chi connectivity index (χ1n) is 6.22. The highest BCUT2D eigenvalue weighted by Crippen LogP contribution is 2.05. The van der Waals surface area contributed by atoms with E-state index in [0.29, 0.717) is 0 Å². The van der Waals surface area contributed by atoms with E-state index < -0.39 is 29.6 Å². The standard InChI is InChI=1S/C8H6O4.C7H5NO4/c9-7(10)5-1-2-6(4-3-5)8(11)12;9-6(10)4-2-1-3-8-5(4)7(11)12/h1-4H,(H,9,10)(H,11,12);1-3H,(H,9,10)(H,11,12). The second-order valence-electron chi connectivity index (χ2n) is 4.20. The molecule has 9 heteroatoms. The van der Waals surface area contributed by atoms with Gasteiger partial charge >= 0.3 is 23.9 Å². The predicted molar refractivity (Wildman–Crippen MR) is 78.5 cm³/mol. The van der Waals surface area contributed by atoms with E-state index in [2.05, 4.69) is 4.98 Å². The average Bonchev–Trinajstić information content (AvgIpc) is 2.55. The number of rotatable bonds is 4. The lowest BCUT2D eigenvalue weighted by molar-refractivity contribution is 0.0646. The summed E-state index contributed by atoms with van der Waals surface area (Å²) in [5.74, 6) is -4.76. The maximum atomic E-state index is 10.4. The fourth-order valence-electron chi connectivity index (χ4n) is 1.50. The zero-order valence-electron chi connectivity index (χ0n) is 11.9. The van der Waals surface area contributed by atoms with Crippen LogP contribution in [0.1, 0.15) is 41.6 Å². The van der Waals surface area contributed by atoms with Gasteiger partial charge in [-0.15, -0.1) is 0 Å². The van der Waals surface area contributed by atoms with Gasteiger partial charge in [-0.2, -0.15) is 0 Å². The topological polar surface area (TPSA) is 162 Å². The Morgan fingerprint density at radius 2 is 1.12 bits per heavy atom. The zero-order chi connectivity index (χ0) is 18.3. The maximum absolute atomic E-state index is 10.4. The van der Waals surface area contributed by atoms with Crippen LogP contribution < -0.4 is 0 Å². The quantitative estimate of drug-likeness (QED) is 0.650. The lowest BCUT2D eigenvalue weighted by atomic mass is 10.1. The van der Waals surface area contributed by atoms with Crippen LogP contribution in [0.5, 0.6) is 0 Å². The first-order valence-corrected chi connectivity index (χ1v) is 6.22. The van der Waals surface area contributed by atoms with Crippen molar-refractivity contribution in [2.75, 3.05) is 0 Å². The van der Waals surface area contributed by atoms with Gasteiger partial charge < -0.3 is 20.4 Å². The van der Waals surface area contributed by atoms with Crippen molar-refractivity contribution in [1.82, 2.24) is 4.98 Å². The van der Waals surface area contributed by atoms with Crippen molar-refractivity contribution in [3.63, 3.8) is 0 Å². The van der Waals surface area contributed by atoms with E-state index in [-0.39, 0.29) is 16.7 Å². The molecule has 0 atom stereocenters. The number of carboxylic acids is 4. The number of hydrogen-bond acceptors (Lipinski definition) is 5. The molecule has 0 saturated carbocycles. The van der Waals surface area contributed by atoms with Gasteiger partial charge in [-0.3, -0.25) is 0 Å². The van der Waals surface area contributed by atoms with Gasteiger partial charge in [0.05, 0.1) is 16.7 Å². The zero-order valence-corrected chi connectivity index (χ0v) is 11.9. The summed E-state index contributed by atoms with van der Waals surface area (Å²) in [5.41, 5.74) is -0.574. The van der Waals surface area contributed by atoms with Crippen molar-refractivity contribution in [3.05, 3.63) is 65.0 Å². The van der Waals surface area contributed by atoms with E-state index in [1.807, 2.05) is 0 Å². The molecule has 0 fully saturated rings. The number of carbonyl (C=O) groups is 4. The van der Waals surface area contributed by atoms with Crippen molar-refractivity contribution in [1.29, 1.82) is 0 Å². The number of benzene rings is 1. The summed E-state index contributed by atoms with van der Waals surface area (Å²) in [6.07, 6.45) is 1.23. The molecule has 0 aliphatic carbocycles. The molecule has 0 radical (unpaired) electrons. The fraction of sp³-hybridized carbons (Fsp3) is 0. The second kappa shape index (κ2) is 8.03. The first-order chi connectivity index (χ1) is 11.2. The third-order valence-corrected chi connectivity index (χ3v) is 2.62. The number of hydrogen-bond donors (Lipinski definition) is 4. The number of aromatic carboxylic acids is 4. The van der Waals surface area contributed by atoms with E-state index in [1.54, 1.807) is 0 Å². The van der Waals surface area contributed by atoms with Crippen LogP contribution in [0.25, 0.3) is 0 Å². The van der Waals surface area contributed by atoms with Crippen molar-refractivity contribution >= 4 is 23.9 Å². The molecule has 0 bridgehead atoms. The van der Waals surface area contributed by atoms with E-state index in [9.17, 15) is 19.2 Å². The molecular formula is C15H11NO8. The van der Waals surface area contributed by atoms with Crippen molar-refractivity contribution < 1.29 is 39.6 Å². The van der Waals surface area contributed by atoms with Crippen LogP contribution in [0, 0.1) is 0 Å². The Kier molecular flexibility index (Phi) is 6.13. The molecule has 1 heterocycles. The van der Waals surface area contributed by atoms with Crippen molar-refractivity contribution in [3.8, 4) is 0 Å². The van der Waals surface area contributed by atoms with Crippen molar-refractivity contribution in [2.24, 2.45) is 0 Å². The molecule has 0 aliphatic heterocycles. The van der Waals surface area contributed by atoms with Crippen LogP contribution in [0.4, 0.5) is 0 Å². The van der Waals surface area contributed by atoms with Crippen LogP contribution in [-0.4, -0.2) is 49.3 Å². The van der Waals surface area contributed by atoms with Crippen LogP contribution in [0.15, 0.2) is 42.6 Å². The SMILES string of the molecule is O=C(O)c1ccc(C(=O)O)cc1.O=C(O)c1cccnc1C(=O)O. The fourth-order valence-corrected chi connectivity index (χ4v) is 1.50. The molecule has 4 N–H and O–H groups in total. The highest BCUT2D eigenvalue weighted by Gasteiger charge is 2.15. The van der Waals surface area contributed by atoms with Gasteiger partial charge in [-0.1, -0.05) is 0 Å². The Morgan fingerprint density at radius 3 is 1.42 bits per heavy atom. The third kappa shape index (κ3) is 4.91. The number of nitrogens with zero attached hydrogens (tertiary/aromatic N) is 1. The van der Waals surface area contributed by atoms with Crippen molar-refractivity contribution in [2.45, 2.75) is 0 Å². The molecule has 24 heavy (non-hydrogen) atoms. The average molecular weight is 333 g/mol. The minimum absolute atomic E-state index is 0.0833. The first kappa shape index (κ1) is 18.3. The molecule has 2 aromatic rings. The molecule has 0 unspecified atom stereocenters. The van der Waals surface area contributed by atoms with Crippen LogP contribution >= 0.6 is 0 Å². The van der Waals surface area contributed by atoms with Crippen LogP contribution in [0.3, 0.4) is 0 Å². The minimum atomic E-state index is -1.34. The highest BCUT2D eigenvalue weighted by molar-refractivity contribution is 6.00. The number of aromatic nitrogens is 1.